The highest BCUT2D eigenvalue weighted by atomic mass is 32.2. The summed E-state index contributed by atoms with van der Waals surface area (Å²) >= 11 is 1.38. The van der Waals surface area contributed by atoms with Gasteiger partial charge in [-0.25, -0.2) is 23.2 Å². The maximum Gasteiger partial charge on any atom is 0.339 e. The van der Waals surface area contributed by atoms with E-state index in [0.717, 1.165) is 11.2 Å². The van der Waals surface area contributed by atoms with Crippen LogP contribution in [0.5, 0.6) is 0 Å². The number of carbonyl (C=O) groups is 1. The zero-order valence-corrected chi connectivity index (χ0v) is 12.7. The van der Waals surface area contributed by atoms with Crippen LogP contribution >= 0.6 is 11.8 Å². The molecule has 1 aromatic heterocycles. The molecular formula is C13H12N2O4S2. The third kappa shape index (κ3) is 4.02. The lowest BCUT2D eigenvalue weighted by molar-refractivity contribution is 0.0695. The standard InChI is InChI=1S/C13H12N2O4S2/c1-21(18,19)10-4-2-9(3-5-10)20-7-12-11(13(16)17)6-14-8-15-12/h2-6,8H,7H2,1H3,(H,16,17). The van der Waals surface area contributed by atoms with Crippen molar-refractivity contribution >= 4 is 27.6 Å². The van der Waals surface area contributed by atoms with E-state index in [-0.39, 0.29) is 10.5 Å². The van der Waals surface area contributed by atoms with Crippen molar-refractivity contribution in [3.8, 4) is 0 Å². The molecule has 8 heteroatoms. The van der Waals surface area contributed by atoms with Gasteiger partial charge in [0, 0.05) is 23.1 Å². The van der Waals surface area contributed by atoms with Crippen LogP contribution in [-0.4, -0.2) is 35.7 Å². The van der Waals surface area contributed by atoms with Crippen LogP contribution in [0, 0.1) is 0 Å². The molecule has 0 fully saturated rings. The molecule has 21 heavy (non-hydrogen) atoms. The van der Waals surface area contributed by atoms with E-state index in [9.17, 15) is 13.2 Å². The van der Waals surface area contributed by atoms with Gasteiger partial charge >= 0.3 is 5.97 Å². The Hall–Kier alpha value is -1.93. The maximum absolute atomic E-state index is 11.4. The number of carboxylic acid groups (broad SMARTS) is 1. The lowest BCUT2D eigenvalue weighted by atomic mass is 10.2. The van der Waals surface area contributed by atoms with Crippen LogP contribution in [0.2, 0.25) is 0 Å². The number of hydrogen-bond acceptors (Lipinski definition) is 6. The van der Waals surface area contributed by atoms with Crippen molar-refractivity contribution in [1.82, 2.24) is 9.97 Å². The van der Waals surface area contributed by atoms with Gasteiger partial charge in [-0.2, -0.15) is 0 Å². The van der Waals surface area contributed by atoms with Gasteiger partial charge in [0.25, 0.3) is 0 Å². The third-order valence-electron chi connectivity index (χ3n) is 2.65. The molecule has 0 amide bonds. The Labute approximate surface area is 126 Å². The van der Waals surface area contributed by atoms with Gasteiger partial charge in [0.05, 0.1) is 10.6 Å². The summed E-state index contributed by atoms with van der Waals surface area (Å²) in [6.45, 7) is 0. The summed E-state index contributed by atoms with van der Waals surface area (Å²) in [5.41, 5.74) is 0.493. The first-order valence-electron chi connectivity index (χ1n) is 5.83. The van der Waals surface area contributed by atoms with Crippen LogP contribution in [0.4, 0.5) is 0 Å². The van der Waals surface area contributed by atoms with Gasteiger partial charge in [0.15, 0.2) is 9.84 Å². The summed E-state index contributed by atoms with van der Waals surface area (Å²) in [5.74, 6) is -0.707. The largest absolute Gasteiger partial charge is 0.478 e. The summed E-state index contributed by atoms with van der Waals surface area (Å²) in [5, 5.41) is 9.03. The summed E-state index contributed by atoms with van der Waals surface area (Å²) in [6.07, 6.45) is 3.71. The van der Waals surface area contributed by atoms with E-state index in [1.165, 1.54) is 36.4 Å². The number of carboxylic acids is 1. The number of hydrogen-bond donors (Lipinski definition) is 1. The molecule has 0 aliphatic rings. The quantitative estimate of drug-likeness (QED) is 0.838. The van der Waals surface area contributed by atoms with Crippen LogP contribution < -0.4 is 0 Å². The van der Waals surface area contributed by atoms with Crippen molar-refractivity contribution in [2.75, 3.05) is 6.26 Å². The number of aromatic carboxylic acids is 1. The number of nitrogens with zero attached hydrogens (tertiary/aromatic N) is 2. The molecule has 2 aromatic rings. The Morgan fingerprint density at radius 3 is 2.52 bits per heavy atom. The van der Waals surface area contributed by atoms with Crippen molar-refractivity contribution in [3.63, 3.8) is 0 Å². The average molecular weight is 324 g/mol. The molecule has 0 aliphatic heterocycles. The van der Waals surface area contributed by atoms with E-state index in [0.29, 0.717) is 11.4 Å². The predicted octanol–water partition coefficient (Wildman–Crippen LogP) is 1.87. The van der Waals surface area contributed by atoms with Crippen molar-refractivity contribution < 1.29 is 18.3 Å². The minimum Gasteiger partial charge on any atom is -0.478 e. The molecule has 110 valence electrons. The Kier molecular flexibility index (Phi) is 4.59. The first kappa shape index (κ1) is 15.5. The zero-order chi connectivity index (χ0) is 15.5. The van der Waals surface area contributed by atoms with E-state index in [4.69, 9.17) is 5.11 Å². The first-order chi connectivity index (χ1) is 9.88. The average Bonchev–Trinajstić information content (AvgIpc) is 2.45. The Morgan fingerprint density at radius 1 is 1.29 bits per heavy atom. The molecule has 0 spiro atoms. The van der Waals surface area contributed by atoms with Gasteiger partial charge in [-0.3, -0.25) is 0 Å². The molecule has 0 unspecified atom stereocenters. The normalized spacial score (nSPS) is 11.3. The van der Waals surface area contributed by atoms with Crippen LogP contribution in [0.15, 0.2) is 46.6 Å². The van der Waals surface area contributed by atoms with E-state index in [1.54, 1.807) is 12.1 Å². The second-order valence-corrected chi connectivity index (χ2v) is 7.28. The summed E-state index contributed by atoms with van der Waals surface area (Å²) in [7, 11) is -3.21. The molecule has 2 rings (SSSR count). The van der Waals surface area contributed by atoms with Gasteiger partial charge in [-0.05, 0) is 24.3 Å². The van der Waals surface area contributed by atoms with Crippen LogP contribution in [0.25, 0.3) is 0 Å². The second-order valence-electron chi connectivity index (χ2n) is 4.22. The molecule has 6 nitrogen and oxygen atoms in total. The maximum atomic E-state index is 11.4. The smallest absolute Gasteiger partial charge is 0.339 e. The Balaban J connectivity index is 2.12. The van der Waals surface area contributed by atoms with Crippen molar-refractivity contribution in [2.45, 2.75) is 15.5 Å². The molecule has 1 heterocycles. The topological polar surface area (TPSA) is 97.2 Å². The number of thioether (sulfide) groups is 1. The third-order valence-corrected chi connectivity index (χ3v) is 4.80. The highest BCUT2D eigenvalue weighted by Gasteiger charge is 2.12. The van der Waals surface area contributed by atoms with Gasteiger partial charge in [0.1, 0.15) is 11.9 Å². The fourth-order valence-electron chi connectivity index (χ4n) is 1.58. The molecule has 0 saturated carbocycles. The zero-order valence-electron chi connectivity index (χ0n) is 11.1. The predicted molar refractivity (Wildman–Crippen MR) is 78.1 cm³/mol. The van der Waals surface area contributed by atoms with Crippen LogP contribution in [0.1, 0.15) is 16.1 Å². The summed E-state index contributed by atoms with van der Waals surface area (Å²) < 4.78 is 22.7. The number of benzene rings is 1. The molecular weight excluding hydrogens is 312 g/mol. The van der Waals surface area contributed by atoms with Gasteiger partial charge in [-0.15, -0.1) is 11.8 Å². The molecule has 1 N–H and O–H groups in total. The first-order valence-corrected chi connectivity index (χ1v) is 8.71. The van der Waals surface area contributed by atoms with Gasteiger partial charge < -0.3 is 5.11 Å². The SMILES string of the molecule is CS(=O)(=O)c1ccc(SCc2ncncc2C(=O)O)cc1. The second kappa shape index (κ2) is 6.23. The number of aromatic nitrogens is 2. The van der Waals surface area contributed by atoms with E-state index >= 15 is 0 Å². The lowest BCUT2D eigenvalue weighted by Gasteiger charge is -2.05. The Morgan fingerprint density at radius 2 is 1.95 bits per heavy atom. The minimum atomic E-state index is -3.21. The molecule has 0 radical (unpaired) electrons. The highest BCUT2D eigenvalue weighted by molar-refractivity contribution is 7.98. The van der Waals surface area contributed by atoms with Crippen molar-refractivity contribution in [3.05, 3.63) is 48.0 Å². The van der Waals surface area contributed by atoms with Crippen molar-refractivity contribution in [2.24, 2.45) is 0 Å². The summed E-state index contributed by atoms with van der Waals surface area (Å²) in [4.78, 5) is 19.8. The lowest BCUT2D eigenvalue weighted by Crippen LogP contribution is -2.04. The van der Waals surface area contributed by atoms with Gasteiger partial charge in [-0.1, -0.05) is 0 Å². The van der Waals surface area contributed by atoms with E-state index in [1.807, 2.05) is 0 Å². The summed E-state index contributed by atoms with van der Waals surface area (Å²) in [6, 6.07) is 6.41. The van der Waals surface area contributed by atoms with Crippen molar-refractivity contribution in [1.29, 1.82) is 0 Å². The fourth-order valence-corrected chi connectivity index (χ4v) is 3.08. The fraction of sp³-hybridized carbons (Fsp3) is 0.154. The number of sulfone groups is 1. The minimum absolute atomic E-state index is 0.0674. The monoisotopic (exact) mass is 324 g/mol. The molecule has 0 atom stereocenters. The van der Waals surface area contributed by atoms with Crippen LogP contribution in [-0.2, 0) is 15.6 Å². The van der Waals surface area contributed by atoms with Crippen LogP contribution in [0.3, 0.4) is 0 Å². The molecule has 1 aromatic carbocycles. The van der Waals surface area contributed by atoms with E-state index in [2.05, 4.69) is 9.97 Å². The highest BCUT2D eigenvalue weighted by Crippen LogP contribution is 2.24. The molecule has 0 saturated heterocycles. The van der Waals surface area contributed by atoms with Gasteiger partial charge in [0.2, 0.25) is 0 Å². The van der Waals surface area contributed by atoms with E-state index < -0.39 is 15.8 Å². The Bertz CT molecular complexity index is 758. The number of rotatable bonds is 5. The molecule has 0 bridgehead atoms. The molecule has 0 aliphatic carbocycles.